The fourth-order valence-electron chi connectivity index (χ4n) is 3.74. The van der Waals surface area contributed by atoms with Crippen LogP contribution in [0.5, 0.6) is 11.5 Å². The van der Waals surface area contributed by atoms with Gasteiger partial charge in [-0.25, -0.2) is 0 Å². The van der Waals surface area contributed by atoms with Gasteiger partial charge in [0.05, 0.1) is 0 Å². The van der Waals surface area contributed by atoms with Crippen LogP contribution in [0.2, 0.25) is 0 Å². The first-order chi connectivity index (χ1) is 11.1. The summed E-state index contributed by atoms with van der Waals surface area (Å²) in [5.74, 6) is 3.75. The van der Waals surface area contributed by atoms with E-state index in [0.717, 1.165) is 48.3 Å². The lowest BCUT2D eigenvalue weighted by Gasteiger charge is -2.37. The SMILES string of the molecule is C=C1Oc2cc(CCCCSC)cc(O)c2[C@@H]2C=C(C)CC[C@@H]12. The van der Waals surface area contributed by atoms with Crippen LogP contribution >= 0.6 is 11.8 Å². The Hall–Kier alpha value is -1.35. The Morgan fingerprint density at radius 1 is 1.35 bits per heavy atom. The molecule has 1 aliphatic heterocycles. The third-order valence-corrected chi connectivity index (χ3v) is 5.68. The molecule has 2 atom stereocenters. The van der Waals surface area contributed by atoms with Crippen molar-refractivity contribution in [3.63, 3.8) is 0 Å². The van der Waals surface area contributed by atoms with Gasteiger partial charge in [-0.3, -0.25) is 0 Å². The third-order valence-electron chi connectivity index (χ3n) is 4.98. The lowest BCUT2D eigenvalue weighted by atomic mass is 9.74. The van der Waals surface area contributed by atoms with Gasteiger partial charge in [0, 0.05) is 17.4 Å². The molecule has 0 radical (unpaired) electrons. The molecule has 2 nitrogen and oxygen atoms in total. The number of phenolic OH excluding ortho intramolecular Hbond substituents is 1. The Balaban J connectivity index is 1.87. The van der Waals surface area contributed by atoms with E-state index >= 15 is 0 Å². The van der Waals surface area contributed by atoms with Crippen LogP contribution in [0.25, 0.3) is 0 Å². The molecule has 124 valence electrons. The van der Waals surface area contributed by atoms with Crippen molar-refractivity contribution in [2.45, 2.75) is 44.9 Å². The molecule has 0 spiro atoms. The van der Waals surface area contributed by atoms with Crippen molar-refractivity contribution in [2.24, 2.45) is 5.92 Å². The van der Waals surface area contributed by atoms with Crippen LogP contribution in [0.15, 0.2) is 36.1 Å². The number of hydrogen-bond acceptors (Lipinski definition) is 3. The molecule has 0 saturated heterocycles. The Labute approximate surface area is 143 Å². The van der Waals surface area contributed by atoms with Crippen LogP contribution < -0.4 is 4.74 Å². The summed E-state index contributed by atoms with van der Waals surface area (Å²) in [6, 6.07) is 4.04. The summed E-state index contributed by atoms with van der Waals surface area (Å²) >= 11 is 1.88. The van der Waals surface area contributed by atoms with Gasteiger partial charge in [-0.05, 0) is 68.7 Å². The van der Waals surface area contributed by atoms with Gasteiger partial charge < -0.3 is 9.84 Å². The zero-order valence-corrected chi connectivity index (χ0v) is 14.9. The fourth-order valence-corrected chi connectivity index (χ4v) is 4.23. The van der Waals surface area contributed by atoms with Crippen LogP contribution in [0.4, 0.5) is 0 Å². The van der Waals surface area contributed by atoms with Crippen molar-refractivity contribution in [1.29, 1.82) is 0 Å². The summed E-state index contributed by atoms with van der Waals surface area (Å²) in [5.41, 5.74) is 3.51. The molecule has 3 rings (SSSR count). The quantitative estimate of drug-likeness (QED) is 0.577. The maximum atomic E-state index is 10.6. The molecule has 0 bridgehead atoms. The zero-order chi connectivity index (χ0) is 16.4. The van der Waals surface area contributed by atoms with E-state index < -0.39 is 0 Å². The van der Waals surface area contributed by atoms with E-state index in [2.05, 4.69) is 31.9 Å². The number of ether oxygens (including phenoxy) is 1. The minimum atomic E-state index is 0.213. The minimum absolute atomic E-state index is 0.213. The summed E-state index contributed by atoms with van der Waals surface area (Å²) in [7, 11) is 0. The highest BCUT2D eigenvalue weighted by Gasteiger charge is 2.36. The number of rotatable bonds is 5. The number of unbranched alkanes of at least 4 members (excludes halogenated alkanes) is 1. The number of hydrogen-bond donors (Lipinski definition) is 1. The first kappa shape index (κ1) is 16.5. The first-order valence-corrected chi connectivity index (χ1v) is 9.88. The van der Waals surface area contributed by atoms with Gasteiger partial charge in [-0.15, -0.1) is 0 Å². The second-order valence-electron chi connectivity index (χ2n) is 6.73. The predicted octanol–water partition coefficient (Wildman–Crippen LogP) is 5.42. The van der Waals surface area contributed by atoms with Crippen LogP contribution in [-0.2, 0) is 6.42 Å². The Bertz CT molecular complexity index is 633. The lowest BCUT2D eigenvalue weighted by Crippen LogP contribution is -2.25. The van der Waals surface area contributed by atoms with Crippen molar-refractivity contribution in [1.82, 2.24) is 0 Å². The molecule has 1 aliphatic carbocycles. The Morgan fingerprint density at radius 3 is 2.96 bits per heavy atom. The zero-order valence-electron chi connectivity index (χ0n) is 14.1. The largest absolute Gasteiger partial charge is 0.507 e. The molecule has 3 heteroatoms. The lowest BCUT2D eigenvalue weighted by molar-refractivity contribution is 0.275. The van der Waals surface area contributed by atoms with E-state index in [4.69, 9.17) is 4.74 Å². The van der Waals surface area contributed by atoms with E-state index in [-0.39, 0.29) is 5.92 Å². The molecule has 23 heavy (non-hydrogen) atoms. The fraction of sp³-hybridized carbons (Fsp3) is 0.500. The van der Waals surface area contributed by atoms with Crippen LogP contribution in [-0.4, -0.2) is 17.1 Å². The normalized spacial score (nSPS) is 22.9. The van der Waals surface area contributed by atoms with Gasteiger partial charge >= 0.3 is 0 Å². The minimum Gasteiger partial charge on any atom is -0.507 e. The van der Waals surface area contributed by atoms with Crippen LogP contribution in [0.3, 0.4) is 0 Å². The summed E-state index contributed by atoms with van der Waals surface area (Å²) in [5, 5.41) is 10.6. The monoisotopic (exact) mass is 330 g/mol. The maximum Gasteiger partial charge on any atom is 0.134 e. The van der Waals surface area contributed by atoms with Gasteiger partial charge in [0.1, 0.15) is 17.3 Å². The number of benzene rings is 1. The van der Waals surface area contributed by atoms with E-state index in [1.807, 2.05) is 17.8 Å². The molecule has 1 N–H and O–H groups in total. The number of phenols is 1. The average molecular weight is 330 g/mol. The molecule has 1 heterocycles. The molecular formula is C20H26O2S. The average Bonchev–Trinajstić information content (AvgIpc) is 2.51. The highest BCUT2D eigenvalue weighted by atomic mass is 32.2. The van der Waals surface area contributed by atoms with E-state index in [0.29, 0.717) is 11.7 Å². The van der Waals surface area contributed by atoms with Gasteiger partial charge in [-0.2, -0.15) is 11.8 Å². The topological polar surface area (TPSA) is 29.5 Å². The molecule has 2 aliphatic rings. The number of thioether (sulfide) groups is 1. The summed E-state index contributed by atoms with van der Waals surface area (Å²) < 4.78 is 6.00. The second-order valence-corrected chi connectivity index (χ2v) is 7.71. The molecule has 0 amide bonds. The van der Waals surface area contributed by atoms with E-state index in [1.54, 1.807) is 0 Å². The Morgan fingerprint density at radius 2 is 2.17 bits per heavy atom. The highest BCUT2D eigenvalue weighted by molar-refractivity contribution is 7.98. The summed E-state index contributed by atoms with van der Waals surface area (Å²) in [4.78, 5) is 0. The second kappa shape index (κ2) is 7.04. The molecule has 1 aromatic rings. The molecule has 0 unspecified atom stereocenters. The van der Waals surface area contributed by atoms with E-state index in [1.165, 1.54) is 17.7 Å². The van der Waals surface area contributed by atoms with Crippen molar-refractivity contribution in [3.05, 3.63) is 47.2 Å². The van der Waals surface area contributed by atoms with Crippen molar-refractivity contribution >= 4 is 11.8 Å². The number of fused-ring (bicyclic) bond motifs is 3. The molecular weight excluding hydrogens is 304 g/mol. The first-order valence-electron chi connectivity index (χ1n) is 8.49. The van der Waals surface area contributed by atoms with E-state index in [9.17, 15) is 5.11 Å². The number of aryl methyl sites for hydroxylation is 1. The van der Waals surface area contributed by atoms with Gasteiger partial charge in [0.15, 0.2) is 0 Å². The van der Waals surface area contributed by atoms with Gasteiger partial charge in [0.2, 0.25) is 0 Å². The van der Waals surface area contributed by atoms with Crippen LogP contribution in [0.1, 0.15) is 49.7 Å². The van der Waals surface area contributed by atoms with Crippen LogP contribution in [0, 0.1) is 5.92 Å². The number of aromatic hydroxyl groups is 1. The standard InChI is InChI=1S/C20H26O2S/c1-13-7-8-16-14(2)22-19-12-15(6-4-5-9-23-3)11-18(21)20(19)17(16)10-13/h10-12,16-17,21H,2,4-9H2,1,3H3/t16-,17+/m0/s1. The third kappa shape index (κ3) is 3.45. The maximum absolute atomic E-state index is 10.6. The van der Waals surface area contributed by atoms with Crippen molar-refractivity contribution in [2.75, 3.05) is 12.0 Å². The molecule has 0 fully saturated rings. The molecule has 1 aromatic carbocycles. The molecule has 0 saturated carbocycles. The Kier molecular flexibility index (Phi) is 5.05. The summed E-state index contributed by atoms with van der Waals surface area (Å²) in [6.07, 6.45) is 9.91. The van der Waals surface area contributed by atoms with Crippen molar-refractivity contribution < 1.29 is 9.84 Å². The smallest absolute Gasteiger partial charge is 0.134 e. The van der Waals surface area contributed by atoms with Crippen molar-refractivity contribution in [3.8, 4) is 11.5 Å². The highest BCUT2D eigenvalue weighted by Crippen LogP contribution is 2.51. The summed E-state index contributed by atoms with van der Waals surface area (Å²) in [6.45, 7) is 6.30. The van der Waals surface area contributed by atoms with Gasteiger partial charge in [-0.1, -0.05) is 18.2 Å². The van der Waals surface area contributed by atoms with Gasteiger partial charge in [0.25, 0.3) is 0 Å². The molecule has 0 aromatic heterocycles. The predicted molar refractivity (Wildman–Crippen MR) is 98.4 cm³/mol. The number of allylic oxidation sites excluding steroid dienone is 3.